The first kappa shape index (κ1) is 10.3. The van der Waals surface area contributed by atoms with Crippen molar-refractivity contribution < 1.29 is 19.2 Å². The number of carbonyl (C=O) groups excluding carboxylic acids is 1. The van der Waals surface area contributed by atoms with Crippen LogP contribution in [-0.4, -0.2) is 31.6 Å². The van der Waals surface area contributed by atoms with Gasteiger partial charge in [0.05, 0.1) is 20.3 Å². The number of carbonyl (C=O) groups is 1. The van der Waals surface area contributed by atoms with Gasteiger partial charge in [-0.25, -0.2) is 14.5 Å². The number of ether oxygens (including phenoxy) is 1. The summed E-state index contributed by atoms with van der Waals surface area (Å²) in [5, 5.41) is 0.791. The van der Waals surface area contributed by atoms with Gasteiger partial charge in [0.2, 0.25) is 0 Å². The van der Waals surface area contributed by atoms with E-state index in [-0.39, 0.29) is 0 Å². The van der Waals surface area contributed by atoms with Gasteiger partial charge in [-0.3, -0.25) is 0 Å². The van der Waals surface area contributed by atoms with Crippen molar-refractivity contribution >= 4 is 6.09 Å². The van der Waals surface area contributed by atoms with E-state index >= 15 is 0 Å². The van der Waals surface area contributed by atoms with Crippen LogP contribution in [0.2, 0.25) is 0 Å². The van der Waals surface area contributed by atoms with Crippen LogP contribution in [0.4, 0.5) is 4.79 Å². The molecule has 1 fully saturated rings. The quantitative estimate of drug-likeness (QED) is 0.622. The highest BCUT2D eigenvalue weighted by Crippen LogP contribution is 2.18. The van der Waals surface area contributed by atoms with E-state index in [2.05, 4.69) is 18.6 Å². The predicted octanol–water partition coefficient (Wildman–Crippen LogP) is 1.20. The van der Waals surface area contributed by atoms with Gasteiger partial charge < -0.3 is 4.74 Å². The molecule has 0 N–H and O–H groups in total. The normalized spacial score (nSPS) is 19.2. The van der Waals surface area contributed by atoms with Gasteiger partial charge in [0.25, 0.3) is 0 Å². The summed E-state index contributed by atoms with van der Waals surface area (Å²) in [6.07, 6.45) is -0.623. The number of rotatable bonds is 1. The lowest BCUT2D eigenvalue weighted by Crippen LogP contribution is -2.41. The minimum Gasteiger partial charge on any atom is -0.450 e. The van der Waals surface area contributed by atoms with E-state index in [4.69, 9.17) is 9.68 Å². The maximum absolute atomic E-state index is 10.9. The molecule has 1 saturated heterocycles. The molecule has 0 radical (unpaired) electrons. The fourth-order valence-corrected chi connectivity index (χ4v) is 0.977. The van der Waals surface area contributed by atoms with E-state index in [9.17, 15) is 4.79 Å². The van der Waals surface area contributed by atoms with Crippen molar-refractivity contribution in [2.75, 3.05) is 20.3 Å². The van der Waals surface area contributed by atoms with Gasteiger partial charge in [0.15, 0.2) is 0 Å². The second-order valence-corrected chi connectivity index (χ2v) is 3.32. The molecule has 0 aromatic carbocycles. The molecule has 1 heterocycles. The Balaban J connectivity index is 2.34. The molecule has 0 aromatic heterocycles. The molecule has 1 amide bonds. The number of hydroxylamine groups is 2. The fraction of sp³-hybridized carbons (Fsp3) is 0.875. The lowest BCUT2D eigenvalue weighted by molar-refractivity contribution is -0.376. The minimum absolute atomic E-state index is 0.334. The van der Waals surface area contributed by atoms with Crippen LogP contribution >= 0.6 is 0 Å². The number of methoxy groups -OCH3 is 1. The van der Waals surface area contributed by atoms with Crippen LogP contribution in [0.25, 0.3) is 0 Å². The molecule has 0 aliphatic carbocycles. The molecule has 5 nitrogen and oxygen atoms in total. The summed E-state index contributed by atoms with van der Waals surface area (Å²) in [6, 6.07) is 0. The average molecular weight is 189 g/mol. The van der Waals surface area contributed by atoms with Crippen LogP contribution in [0, 0.1) is 11.8 Å². The third-order valence-corrected chi connectivity index (χ3v) is 2.08. The Hall–Kier alpha value is -0.810. The SMILES string of the molecule is COC(=O)N1OCC(C(C)C)CO1. The Morgan fingerprint density at radius 2 is 2.00 bits per heavy atom. The van der Waals surface area contributed by atoms with Gasteiger partial charge in [-0.1, -0.05) is 13.8 Å². The van der Waals surface area contributed by atoms with Crippen molar-refractivity contribution in [1.29, 1.82) is 0 Å². The first-order valence-corrected chi connectivity index (χ1v) is 4.29. The van der Waals surface area contributed by atoms with E-state index in [0.717, 1.165) is 5.23 Å². The third kappa shape index (κ3) is 2.57. The van der Waals surface area contributed by atoms with Crippen molar-refractivity contribution in [2.24, 2.45) is 11.8 Å². The summed E-state index contributed by atoms with van der Waals surface area (Å²) in [7, 11) is 1.28. The summed E-state index contributed by atoms with van der Waals surface area (Å²) in [4.78, 5) is 21.0. The van der Waals surface area contributed by atoms with Gasteiger partial charge in [0, 0.05) is 5.92 Å². The van der Waals surface area contributed by atoms with Crippen LogP contribution in [-0.2, 0) is 14.4 Å². The Morgan fingerprint density at radius 3 is 2.38 bits per heavy atom. The first-order chi connectivity index (χ1) is 6.15. The lowest BCUT2D eigenvalue weighted by Gasteiger charge is -2.30. The number of amides is 1. The second kappa shape index (κ2) is 4.43. The second-order valence-electron chi connectivity index (χ2n) is 3.32. The highest BCUT2D eigenvalue weighted by Gasteiger charge is 2.27. The first-order valence-electron chi connectivity index (χ1n) is 4.29. The number of hydrogen-bond donors (Lipinski definition) is 0. The lowest BCUT2D eigenvalue weighted by atomic mass is 9.98. The Bertz CT molecular complexity index is 175. The Morgan fingerprint density at radius 1 is 1.46 bits per heavy atom. The van der Waals surface area contributed by atoms with Crippen LogP contribution in [0.5, 0.6) is 0 Å². The Kier molecular flexibility index (Phi) is 3.50. The van der Waals surface area contributed by atoms with Crippen LogP contribution in [0.3, 0.4) is 0 Å². The van der Waals surface area contributed by atoms with Crippen LogP contribution < -0.4 is 0 Å². The maximum atomic E-state index is 10.9. The van der Waals surface area contributed by atoms with E-state index in [0.29, 0.717) is 25.0 Å². The van der Waals surface area contributed by atoms with Crippen molar-refractivity contribution in [1.82, 2.24) is 5.23 Å². The molecule has 0 saturated carbocycles. The molecule has 0 atom stereocenters. The smallest absolute Gasteiger partial charge is 0.450 e. The summed E-state index contributed by atoms with van der Waals surface area (Å²) in [6.45, 7) is 5.16. The molecule has 13 heavy (non-hydrogen) atoms. The van der Waals surface area contributed by atoms with Gasteiger partial charge >= 0.3 is 6.09 Å². The van der Waals surface area contributed by atoms with Gasteiger partial charge in [-0.05, 0) is 11.1 Å². The zero-order chi connectivity index (χ0) is 9.84. The molecule has 0 unspecified atom stereocenters. The monoisotopic (exact) mass is 189 g/mol. The van der Waals surface area contributed by atoms with Crippen molar-refractivity contribution in [2.45, 2.75) is 13.8 Å². The third-order valence-electron chi connectivity index (χ3n) is 2.08. The molecular weight excluding hydrogens is 174 g/mol. The molecule has 0 bridgehead atoms. The van der Waals surface area contributed by atoms with Crippen molar-refractivity contribution in [3.63, 3.8) is 0 Å². The topological polar surface area (TPSA) is 48.0 Å². The highest BCUT2D eigenvalue weighted by molar-refractivity contribution is 5.64. The van der Waals surface area contributed by atoms with E-state index in [1.807, 2.05) is 0 Å². The zero-order valence-corrected chi connectivity index (χ0v) is 8.15. The molecule has 5 heteroatoms. The highest BCUT2D eigenvalue weighted by atomic mass is 17.0. The molecular formula is C8H15NO4. The summed E-state index contributed by atoms with van der Waals surface area (Å²) in [5.41, 5.74) is 0. The molecule has 1 rings (SSSR count). The van der Waals surface area contributed by atoms with Gasteiger partial charge in [-0.15, -0.1) is 0 Å². The average Bonchev–Trinajstić information content (AvgIpc) is 2.17. The molecule has 0 spiro atoms. The van der Waals surface area contributed by atoms with Crippen LogP contribution in [0.1, 0.15) is 13.8 Å². The van der Waals surface area contributed by atoms with E-state index < -0.39 is 6.09 Å². The largest absolute Gasteiger partial charge is 0.459 e. The molecule has 0 aromatic rings. The van der Waals surface area contributed by atoms with Crippen molar-refractivity contribution in [3.05, 3.63) is 0 Å². The van der Waals surface area contributed by atoms with Gasteiger partial charge in [-0.2, -0.15) is 0 Å². The van der Waals surface area contributed by atoms with E-state index in [1.54, 1.807) is 0 Å². The van der Waals surface area contributed by atoms with E-state index in [1.165, 1.54) is 7.11 Å². The maximum Gasteiger partial charge on any atom is 0.459 e. The summed E-state index contributed by atoms with van der Waals surface area (Å²) in [5.74, 6) is 0.820. The van der Waals surface area contributed by atoms with Crippen LogP contribution in [0.15, 0.2) is 0 Å². The molecule has 1 aliphatic heterocycles. The Labute approximate surface area is 77.5 Å². The fourth-order valence-electron chi connectivity index (χ4n) is 0.977. The number of nitrogens with zero attached hydrogens (tertiary/aromatic N) is 1. The van der Waals surface area contributed by atoms with Crippen molar-refractivity contribution in [3.8, 4) is 0 Å². The van der Waals surface area contributed by atoms with Gasteiger partial charge in [0.1, 0.15) is 0 Å². The molecule has 1 aliphatic rings. The zero-order valence-electron chi connectivity index (χ0n) is 8.15. The molecule has 76 valence electrons. The summed E-state index contributed by atoms with van der Waals surface area (Å²) >= 11 is 0. The number of hydrogen-bond acceptors (Lipinski definition) is 4. The standard InChI is InChI=1S/C8H15NO4/c1-6(2)7-4-12-9(13-5-7)8(10)11-3/h6-7H,4-5H2,1-3H3. The summed E-state index contributed by atoms with van der Waals surface area (Å²) < 4.78 is 4.42. The predicted molar refractivity (Wildman–Crippen MR) is 44.5 cm³/mol. The minimum atomic E-state index is -0.623.